The number of pyridine rings is 1. The predicted octanol–water partition coefficient (Wildman–Crippen LogP) is 3.49. The number of rotatable bonds is 2. The third-order valence-electron chi connectivity index (χ3n) is 4.11. The fraction of sp³-hybridized carbons (Fsp3) is 0.118. The van der Waals surface area contributed by atoms with Crippen LogP contribution < -0.4 is 19.7 Å². The number of carbonyl (C=O) groups excluding carboxylic acids is 1. The molecule has 3 aromatic rings. The van der Waals surface area contributed by atoms with Crippen LogP contribution in [-0.2, 0) is 6.54 Å². The van der Waals surface area contributed by atoms with E-state index in [4.69, 9.17) is 9.47 Å². The van der Waals surface area contributed by atoms with Gasteiger partial charge in [0.15, 0.2) is 11.5 Å². The van der Waals surface area contributed by atoms with Gasteiger partial charge in [0.1, 0.15) is 10.8 Å². The van der Waals surface area contributed by atoms with Crippen LogP contribution in [0.5, 0.6) is 11.5 Å². The van der Waals surface area contributed by atoms with Crippen LogP contribution in [0.15, 0.2) is 42.0 Å². The smallest absolute Gasteiger partial charge is 0.327 e. The first-order valence-corrected chi connectivity index (χ1v) is 8.53. The van der Waals surface area contributed by atoms with Crippen molar-refractivity contribution in [2.45, 2.75) is 6.54 Å². The lowest BCUT2D eigenvalue weighted by Gasteiger charge is -2.27. The Bertz CT molecular complexity index is 973. The Labute approximate surface area is 146 Å². The number of carbonyl (C=O) groups is 1. The Kier molecular flexibility index (Phi) is 3.10. The third kappa shape index (κ3) is 2.38. The van der Waals surface area contributed by atoms with Crippen molar-refractivity contribution in [1.29, 1.82) is 0 Å². The second-order valence-electron chi connectivity index (χ2n) is 5.63. The summed E-state index contributed by atoms with van der Waals surface area (Å²) < 4.78 is 10.8. The van der Waals surface area contributed by atoms with E-state index in [1.165, 1.54) is 11.3 Å². The number of fused-ring (bicyclic) bond motifs is 2. The quantitative estimate of drug-likeness (QED) is 0.764. The highest BCUT2D eigenvalue weighted by Gasteiger charge is 2.28. The van der Waals surface area contributed by atoms with Gasteiger partial charge in [-0.15, -0.1) is 11.3 Å². The van der Waals surface area contributed by atoms with Crippen LogP contribution in [0.4, 0.5) is 16.3 Å². The summed E-state index contributed by atoms with van der Waals surface area (Å²) in [6.45, 7) is 0.634. The maximum Gasteiger partial charge on any atom is 0.327 e. The number of amides is 2. The average Bonchev–Trinajstić information content (AvgIpc) is 3.29. The zero-order chi connectivity index (χ0) is 16.8. The van der Waals surface area contributed by atoms with Crippen LogP contribution in [0.25, 0.3) is 10.6 Å². The third-order valence-corrected chi connectivity index (χ3v) is 4.99. The topological polar surface area (TPSA) is 76.6 Å². The zero-order valence-electron chi connectivity index (χ0n) is 12.9. The molecule has 0 atom stereocenters. The highest BCUT2D eigenvalue weighted by molar-refractivity contribution is 7.13. The minimum atomic E-state index is -0.210. The van der Waals surface area contributed by atoms with E-state index in [1.807, 2.05) is 23.6 Å². The highest BCUT2D eigenvalue weighted by Crippen LogP contribution is 2.40. The van der Waals surface area contributed by atoms with E-state index in [9.17, 15) is 4.79 Å². The van der Waals surface area contributed by atoms with Gasteiger partial charge in [0.25, 0.3) is 0 Å². The largest absolute Gasteiger partial charge is 0.454 e. The molecule has 0 spiro atoms. The molecule has 2 amide bonds. The summed E-state index contributed by atoms with van der Waals surface area (Å²) in [5.74, 6) is 1.98. The summed E-state index contributed by atoms with van der Waals surface area (Å²) in [6, 6.07) is 7.29. The normalized spacial score (nSPS) is 15.0. The van der Waals surface area contributed by atoms with Crippen LogP contribution in [0.2, 0.25) is 0 Å². The van der Waals surface area contributed by atoms with Crippen LogP contribution in [0.3, 0.4) is 0 Å². The number of anilines is 2. The van der Waals surface area contributed by atoms with E-state index in [0.29, 0.717) is 23.9 Å². The molecule has 1 N–H and O–H groups in total. The molecular formula is C17H12N4O3S. The van der Waals surface area contributed by atoms with Crippen LogP contribution in [0.1, 0.15) is 5.56 Å². The van der Waals surface area contributed by atoms with Gasteiger partial charge in [-0.1, -0.05) is 0 Å². The first kappa shape index (κ1) is 14.2. The number of nitrogens with zero attached hydrogens (tertiary/aromatic N) is 3. The van der Waals surface area contributed by atoms with Gasteiger partial charge in [-0.25, -0.2) is 9.78 Å². The maximum absolute atomic E-state index is 12.5. The van der Waals surface area contributed by atoms with Gasteiger partial charge in [0, 0.05) is 29.4 Å². The van der Waals surface area contributed by atoms with E-state index in [1.54, 1.807) is 23.4 Å². The minimum Gasteiger partial charge on any atom is -0.454 e. The summed E-state index contributed by atoms with van der Waals surface area (Å²) in [4.78, 5) is 22.7. The summed E-state index contributed by atoms with van der Waals surface area (Å²) in [5.41, 5.74) is 2.69. The van der Waals surface area contributed by atoms with Crippen LogP contribution >= 0.6 is 11.3 Å². The van der Waals surface area contributed by atoms with Gasteiger partial charge >= 0.3 is 6.03 Å². The summed E-state index contributed by atoms with van der Waals surface area (Å²) >= 11 is 1.49. The second-order valence-corrected chi connectivity index (χ2v) is 6.48. The SMILES string of the molecule is O=C1Nc2cc3c(cc2CN1c1csc(-c2ccncc2)n1)OCO3. The number of hydrogen-bond donors (Lipinski definition) is 1. The molecule has 0 radical (unpaired) electrons. The number of aromatic nitrogens is 2. The molecule has 4 heterocycles. The Morgan fingerprint density at radius 3 is 2.80 bits per heavy atom. The summed E-state index contributed by atoms with van der Waals surface area (Å²) in [5, 5.41) is 5.62. The standard InChI is InChI=1S/C17H12N4O3S/c22-17-19-12-6-14-13(23-9-24-14)5-11(12)7-21(17)15-8-25-16(20-15)10-1-3-18-4-2-10/h1-6,8H,7,9H2,(H,19,22). The molecule has 2 aromatic heterocycles. The lowest BCUT2D eigenvalue weighted by atomic mass is 10.1. The number of benzene rings is 1. The van der Waals surface area contributed by atoms with Crippen molar-refractivity contribution in [3.8, 4) is 22.1 Å². The summed E-state index contributed by atoms with van der Waals surface area (Å²) in [6.07, 6.45) is 3.45. The van der Waals surface area contributed by atoms with Crippen molar-refractivity contribution in [2.75, 3.05) is 17.0 Å². The fourth-order valence-electron chi connectivity index (χ4n) is 2.86. The zero-order valence-corrected chi connectivity index (χ0v) is 13.7. The van der Waals surface area contributed by atoms with Gasteiger partial charge in [-0.05, 0) is 23.8 Å². The van der Waals surface area contributed by atoms with Gasteiger partial charge in [0.2, 0.25) is 6.79 Å². The van der Waals surface area contributed by atoms with Crippen molar-refractivity contribution >= 4 is 28.9 Å². The number of urea groups is 1. The lowest BCUT2D eigenvalue weighted by Crippen LogP contribution is -2.38. The molecule has 7 nitrogen and oxygen atoms in total. The molecule has 25 heavy (non-hydrogen) atoms. The monoisotopic (exact) mass is 352 g/mol. The minimum absolute atomic E-state index is 0.206. The van der Waals surface area contributed by atoms with Crippen molar-refractivity contribution in [3.05, 3.63) is 47.6 Å². The van der Waals surface area contributed by atoms with Gasteiger partial charge in [-0.2, -0.15) is 0 Å². The average molecular weight is 352 g/mol. The number of ether oxygens (including phenoxy) is 2. The van der Waals surface area contributed by atoms with E-state index in [0.717, 1.165) is 21.8 Å². The molecular weight excluding hydrogens is 340 g/mol. The molecule has 1 aromatic carbocycles. The molecule has 0 saturated heterocycles. The molecule has 8 heteroatoms. The maximum atomic E-state index is 12.5. The first-order valence-electron chi connectivity index (χ1n) is 7.65. The Hall–Kier alpha value is -3.13. The molecule has 0 saturated carbocycles. The van der Waals surface area contributed by atoms with Crippen molar-refractivity contribution in [1.82, 2.24) is 9.97 Å². The molecule has 5 rings (SSSR count). The van der Waals surface area contributed by atoms with Gasteiger partial charge in [0.05, 0.1) is 12.2 Å². The molecule has 0 fully saturated rings. The molecule has 0 bridgehead atoms. The number of thiazole rings is 1. The number of hydrogen-bond acceptors (Lipinski definition) is 6. The summed E-state index contributed by atoms with van der Waals surface area (Å²) in [7, 11) is 0. The van der Waals surface area contributed by atoms with Gasteiger partial charge in [-0.3, -0.25) is 9.88 Å². The van der Waals surface area contributed by atoms with Crippen molar-refractivity contribution in [3.63, 3.8) is 0 Å². The highest BCUT2D eigenvalue weighted by atomic mass is 32.1. The van der Waals surface area contributed by atoms with Gasteiger partial charge < -0.3 is 14.8 Å². The molecule has 2 aliphatic rings. The molecule has 0 aliphatic carbocycles. The molecule has 124 valence electrons. The van der Waals surface area contributed by atoms with Crippen molar-refractivity contribution in [2.24, 2.45) is 0 Å². The van der Waals surface area contributed by atoms with E-state index in [-0.39, 0.29) is 12.8 Å². The molecule has 0 unspecified atom stereocenters. The Morgan fingerprint density at radius 2 is 1.96 bits per heavy atom. The van der Waals surface area contributed by atoms with Crippen molar-refractivity contribution < 1.29 is 14.3 Å². The number of nitrogens with one attached hydrogen (secondary N) is 1. The predicted molar refractivity (Wildman–Crippen MR) is 93.1 cm³/mol. The Morgan fingerprint density at radius 1 is 1.16 bits per heavy atom. The second kappa shape index (κ2) is 5.45. The van der Waals surface area contributed by atoms with Crippen LogP contribution in [-0.4, -0.2) is 22.8 Å². The lowest BCUT2D eigenvalue weighted by molar-refractivity contribution is 0.174. The first-order chi connectivity index (χ1) is 12.3. The molecule has 2 aliphatic heterocycles. The fourth-order valence-corrected chi connectivity index (χ4v) is 3.67. The van der Waals surface area contributed by atoms with E-state index in [2.05, 4.69) is 15.3 Å². The van der Waals surface area contributed by atoms with Crippen LogP contribution in [0, 0.1) is 0 Å². The van der Waals surface area contributed by atoms with E-state index >= 15 is 0 Å². The Balaban J connectivity index is 1.47. The van der Waals surface area contributed by atoms with E-state index < -0.39 is 0 Å².